The molecule has 1 N–H and O–H groups in total. The third kappa shape index (κ3) is 5.63. The molecule has 0 aliphatic rings. The van der Waals surface area contributed by atoms with Crippen LogP contribution in [0.5, 0.6) is 0 Å². The summed E-state index contributed by atoms with van der Waals surface area (Å²) in [5, 5.41) is 16.8. The molecule has 0 saturated heterocycles. The molecular formula is C32H28ClN5O3S. The molecule has 0 atom stereocenters. The van der Waals surface area contributed by atoms with Gasteiger partial charge in [-0.3, -0.25) is 9.48 Å². The molecule has 6 rings (SSSR count). The molecule has 0 aliphatic carbocycles. The number of halogens is 1. The van der Waals surface area contributed by atoms with Gasteiger partial charge in [0.15, 0.2) is 0 Å². The van der Waals surface area contributed by atoms with Crippen molar-refractivity contribution in [3.8, 4) is 33.1 Å². The van der Waals surface area contributed by atoms with Crippen LogP contribution in [0.1, 0.15) is 25.0 Å². The zero-order valence-electron chi connectivity index (χ0n) is 23.6. The molecule has 8 nitrogen and oxygen atoms in total. The fourth-order valence-corrected chi connectivity index (χ4v) is 6.13. The zero-order chi connectivity index (χ0) is 29.6. The zero-order valence-corrected chi connectivity index (χ0v) is 25.1. The lowest BCUT2D eigenvalue weighted by atomic mass is 9.93. The number of hydrogen-bond acceptors (Lipinski definition) is 8. The van der Waals surface area contributed by atoms with Crippen LogP contribution >= 0.6 is 22.9 Å². The summed E-state index contributed by atoms with van der Waals surface area (Å²) >= 11 is 7.73. The van der Waals surface area contributed by atoms with E-state index in [1.165, 1.54) is 11.3 Å². The van der Waals surface area contributed by atoms with Crippen LogP contribution in [0.2, 0.25) is 5.02 Å². The van der Waals surface area contributed by atoms with E-state index in [0.717, 1.165) is 59.6 Å². The van der Waals surface area contributed by atoms with E-state index in [2.05, 4.69) is 21.1 Å². The van der Waals surface area contributed by atoms with Crippen LogP contribution in [0.15, 0.2) is 67.1 Å². The van der Waals surface area contributed by atoms with Gasteiger partial charge < -0.3 is 9.84 Å². The highest BCUT2D eigenvalue weighted by atomic mass is 35.5. The highest BCUT2D eigenvalue weighted by Crippen LogP contribution is 2.41. The normalized spacial score (nSPS) is 11.9. The van der Waals surface area contributed by atoms with Crippen molar-refractivity contribution in [2.45, 2.75) is 32.8 Å². The Kier molecular flexibility index (Phi) is 7.26. The minimum absolute atomic E-state index is 0.0531. The standard InChI is InChI=1S/C32H28ClN5O3S/c1-18-11-25-30(29(19-5-8-22(33)9-6-19)23(18)13-28(39)41-16-32(2,3)40)42-31(37-25)26-14-24(34-17-35-26)20-7-10-27-21(12-20)15-36-38(27)4/h5-12,14-15,17,40H,13,16H2,1-4H3. The molecule has 3 heterocycles. The second-order valence-electron chi connectivity index (χ2n) is 10.9. The average Bonchev–Trinajstić information content (AvgIpc) is 3.55. The first-order valence-electron chi connectivity index (χ1n) is 13.4. The fourth-order valence-electron chi connectivity index (χ4n) is 4.90. The van der Waals surface area contributed by atoms with Crippen molar-refractivity contribution >= 4 is 50.0 Å². The van der Waals surface area contributed by atoms with Crippen molar-refractivity contribution in [3.05, 3.63) is 83.3 Å². The predicted molar refractivity (Wildman–Crippen MR) is 166 cm³/mol. The lowest BCUT2D eigenvalue weighted by molar-refractivity contribution is -0.149. The number of rotatable bonds is 7. The maximum atomic E-state index is 12.9. The minimum Gasteiger partial charge on any atom is -0.462 e. The average molecular weight is 598 g/mol. The first-order chi connectivity index (χ1) is 20.1. The second kappa shape index (κ2) is 10.9. The van der Waals surface area contributed by atoms with E-state index in [0.29, 0.717) is 10.7 Å². The van der Waals surface area contributed by atoms with Gasteiger partial charge in [0.2, 0.25) is 0 Å². The van der Waals surface area contributed by atoms with Crippen LogP contribution in [0.25, 0.3) is 54.2 Å². The van der Waals surface area contributed by atoms with E-state index >= 15 is 0 Å². The SMILES string of the molecule is Cc1cc2nc(-c3cc(-c4ccc5c(cnn5C)c4)ncn3)sc2c(-c2ccc(Cl)cc2)c1CC(=O)OCC(C)(C)O. The number of carbonyl (C=O) groups is 1. The first kappa shape index (κ1) is 28.0. The highest BCUT2D eigenvalue weighted by Gasteiger charge is 2.22. The third-order valence-electron chi connectivity index (χ3n) is 6.98. The molecule has 6 aromatic rings. The number of aromatic nitrogens is 5. The molecule has 212 valence electrons. The lowest BCUT2D eigenvalue weighted by Gasteiger charge is -2.18. The number of fused-ring (bicyclic) bond motifs is 2. The van der Waals surface area contributed by atoms with Crippen molar-refractivity contribution in [1.82, 2.24) is 24.7 Å². The van der Waals surface area contributed by atoms with Crippen LogP contribution in [0, 0.1) is 6.92 Å². The number of aryl methyl sites for hydroxylation is 2. The number of nitrogens with zero attached hydrogens (tertiary/aromatic N) is 5. The predicted octanol–water partition coefficient (Wildman–Crippen LogP) is 6.79. The Morgan fingerprint density at radius 3 is 2.55 bits per heavy atom. The van der Waals surface area contributed by atoms with E-state index in [1.807, 2.05) is 73.4 Å². The summed E-state index contributed by atoms with van der Waals surface area (Å²) in [5.74, 6) is -0.412. The Morgan fingerprint density at radius 2 is 1.79 bits per heavy atom. The number of thiazole rings is 1. The van der Waals surface area contributed by atoms with Gasteiger partial charge in [-0.1, -0.05) is 29.8 Å². The molecule has 0 radical (unpaired) electrons. The summed E-state index contributed by atoms with van der Waals surface area (Å²) in [6, 6.07) is 17.6. The van der Waals surface area contributed by atoms with Crippen LogP contribution in [0.4, 0.5) is 0 Å². The van der Waals surface area contributed by atoms with Gasteiger partial charge in [0.25, 0.3) is 0 Å². The Morgan fingerprint density at radius 1 is 1.05 bits per heavy atom. The Balaban J connectivity index is 1.44. The van der Waals surface area contributed by atoms with E-state index in [4.69, 9.17) is 21.3 Å². The van der Waals surface area contributed by atoms with Gasteiger partial charge in [0, 0.05) is 28.6 Å². The van der Waals surface area contributed by atoms with Gasteiger partial charge in [0.1, 0.15) is 23.6 Å². The molecule has 0 spiro atoms. The van der Waals surface area contributed by atoms with Crippen LogP contribution in [0.3, 0.4) is 0 Å². The number of carbonyl (C=O) groups excluding carboxylic acids is 1. The summed E-state index contributed by atoms with van der Waals surface area (Å²) in [7, 11) is 1.92. The molecule has 0 saturated carbocycles. The summed E-state index contributed by atoms with van der Waals surface area (Å²) < 4.78 is 8.17. The minimum atomic E-state index is -1.11. The molecule has 0 aliphatic heterocycles. The maximum Gasteiger partial charge on any atom is 0.310 e. The Hall–Kier alpha value is -4.18. The Labute approximate surface area is 251 Å². The number of benzene rings is 3. The summed E-state index contributed by atoms with van der Waals surface area (Å²) in [4.78, 5) is 26.9. The van der Waals surface area contributed by atoms with Crippen molar-refractivity contribution < 1.29 is 14.6 Å². The Bertz CT molecular complexity index is 1960. The highest BCUT2D eigenvalue weighted by molar-refractivity contribution is 7.22. The van der Waals surface area contributed by atoms with Gasteiger partial charge >= 0.3 is 5.97 Å². The van der Waals surface area contributed by atoms with Crippen molar-refractivity contribution in [1.29, 1.82) is 0 Å². The first-order valence-corrected chi connectivity index (χ1v) is 14.6. The van der Waals surface area contributed by atoms with E-state index < -0.39 is 11.6 Å². The maximum absolute atomic E-state index is 12.9. The number of aliphatic hydroxyl groups is 1. The molecule has 3 aromatic carbocycles. The van der Waals surface area contributed by atoms with Crippen molar-refractivity contribution in [3.63, 3.8) is 0 Å². The number of hydrogen-bond donors (Lipinski definition) is 1. The van der Waals surface area contributed by atoms with Crippen LogP contribution in [-0.2, 0) is 23.0 Å². The summed E-state index contributed by atoms with van der Waals surface area (Å²) in [6.07, 6.45) is 3.45. The lowest BCUT2D eigenvalue weighted by Crippen LogP contribution is -2.28. The molecule has 10 heteroatoms. The molecule has 0 fully saturated rings. The number of esters is 1. The third-order valence-corrected chi connectivity index (χ3v) is 8.34. The summed E-state index contributed by atoms with van der Waals surface area (Å²) in [6.45, 7) is 5.09. The molecule has 0 amide bonds. The fraction of sp³-hybridized carbons (Fsp3) is 0.219. The van der Waals surface area contributed by atoms with Crippen LogP contribution < -0.4 is 0 Å². The van der Waals surface area contributed by atoms with E-state index in [1.54, 1.807) is 20.2 Å². The molecule has 0 unspecified atom stereocenters. The van der Waals surface area contributed by atoms with E-state index in [9.17, 15) is 9.90 Å². The topological polar surface area (TPSA) is 103 Å². The quantitative estimate of drug-likeness (QED) is 0.202. The van der Waals surface area contributed by atoms with Gasteiger partial charge in [0.05, 0.1) is 39.6 Å². The largest absolute Gasteiger partial charge is 0.462 e. The van der Waals surface area contributed by atoms with E-state index in [-0.39, 0.29) is 13.0 Å². The van der Waals surface area contributed by atoms with Gasteiger partial charge in [-0.25, -0.2) is 15.0 Å². The summed E-state index contributed by atoms with van der Waals surface area (Å²) in [5.41, 5.74) is 6.78. The van der Waals surface area contributed by atoms with Crippen molar-refractivity contribution in [2.75, 3.05) is 6.61 Å². The van der Waals surface area contributed by atoms with Gasteiger partial charge in [-0.2, -0.15) is 5.10 Å². The van der Waals surface area contributed by atoms with Gasteiger partial charge in [-0.05, 0) is 73.9 Å². The van der Waals surface area contributed by atoms with Gasteiger partial charge in [-0.15, -0.1) is 11.3 Å². The van der Waals surface area contributed by atoms with Crippen molar-refractivity contribution in [2.24, 2.45) is 7.05 Å². The monoisotopic (exact) mass is 597 g/mol. The molecular weight excluding hydrogens is 570 g/mol. The van der Waals surface area contributed by atoms with Crippen LogP contribution in [-0.4, -0.2) is 48.0 Å². The molecule has 42 heavy (non-hydrogen) atoms. The molecule has 3 aromatic heterocycles. The smallest absolute Gasteiger partial charge is 0.310 e. The number of ether oxygens (including phenoxy) is 1. The molecule has 0 bridgehead atoms. The second-order valence-corrected chi connectivity index (χ2v) is 12.3.